The van der Waals surface area contributed by atoms with Crippen molar-refractivity contribution in [3.63, 3.8) is 0 Å². The van der Waals surface area contributed by atoms with Crippen LogP contribution in [0, 0.1) is 39.5 Å². The van der Waals surface area contributed by atoms with Crippen molar-refractivity contribution in [3.8, 4) is 11.5 Å². The first kappa shape index (κ1) is 46.2. The van der Waals surface area contributed by atoms with Crippen molar-refractivity contribution >= 4 is 58.4 Å². The van der Waals surface area contributed by atoms with Crippen molar-refractivity contribution in [2.24, 2.45) is 11.8 Å². The Morgan fingerprint density at radius 2 is 0.754 bits per heavy atom. The van der Waals surface area contributed by atoms with Gasteiger partial charge in [-0.2, -0.15) is 0 Å². The zero-order valence-electron chi connectivity index (χ0n) is 39.7. The molecule has 4 heteroatoms. The van der Waals surface area contributed by atoms with E-state index in [1.54, 1.807) is 7.11 Å². The SMILES string of the molecule is COc1cc(C=Cc2ccc(N(c3ccc(C)cc3)c3ccc(C)cc3)cc2)c(OCCC(C)CCCC(C)C)cc1C=Cc1ccc(N(c2ccc(C)cc2)c2ccc(C)cc2)cc1. The molecule has 0 spiro atoms. The highest BCUT2D eigenvalue weighted by Gasteiger charge is 2.15. The molecule has 7 aromatic rings. The fraction of sp³-hybridized carbons (Fsp3) is 0.246. The van der Waals surface area contributed by atoms with Crippen LogP contribution < -0.4 is 19.3 Å². The molecule has 0 aliphatic rings. The maximum absolute atomic E-state index is 6.67. The summed E-state index contributed by atoms with van der Waals surface area (Å²) >= 11 is 0. The van der Waals surface area contributed by atoms with Crippen LogP contribution in [0.1, 0.15) is 91.0 Å². The van der Waals surface area contributed by atoms with Crippen LogP contribution >= 0.6 is 0 Å². The summed E-state index contributed by atoms with van der Waals surface area (Å²) in [6, 6.07) is 56.5. The average Bonchev–Trinajstić information content (AvgIpc) is 3.31. The van der Waals surface area contributed by atoms with Gasteiger partial charge in [0.2, 0.25) is 0 Å². The predicted octanol–water partition coefficient (Wildman–Crippen LogP) is 17.4. The Labute approximate surface area is 389 Å². The molecule has 0 aliphatic carbocycles. The lowest BCUT2D eigenvalue weighted by molar-refractivity contribution is 0.275. The summed E-state index contributed by atoms with van der Waals surface area (Å²) < 4.78 is 12.7. The smallest absolute Gasteiger partial charge is 0.127 e. The first-order valence-corrected chi connectivity index (χ1v) is 23.3. The Bertz CT molecular complexity index is 2530. The van der Waals surface area contributed by atoms with Crippen LogP contribution in [0.15, 0.2) is 158 Å². The summed E-state index contributed by atoms with van der Waals surface area (Å²) in [5, 5.41) is 0. The molecule has 1 atom stereocenters. The Kier molecular flexibility index (Phi) is 15.8. The topological polar surface area (TPSA) is 24.9 Å². The van der Waals surface area contributed by atoms with E-state index in [1.807, 2.05) is 0 Å². The lowest BCUT2D eigenvalue weighted by Crippen LogP contribution is -2.09. The molecular formula is C61H66N2O2. The van der Waals surface area contributed by atoms with Gasteiger partial charge in [-0.15, -0.1) is 0 Å². The third kappa shape index (κ3) is 12.7. The lowest BCUT2D eigenvalue weighted by atomic mass is 9.97. The number of rotatable bonds is 19. The fourth-order valence-electron chi connectivity index (χ4n) is 8.05. The first-order valence-electron chi connectivity index (χ1n) is 23.3. The Morgan fingerprint density at radius 3 is 1.11 bits per heavy atom. The van der Waals surface area contributed by atoms with E-state index >= 15 is 0 Å². The van der Waals surface area contributed by atoms with Gasteiger partial charge in [-0.1, -0.05) is 159 Å². The van der Waals surface area contributed by atoms with Crippen molar-refractivity contribution in [1.29, 1.82) is 0 Å². The van der Waals surface area contributed by atoms with E-state index in [2.05, 4.69) is 240 Å². The van der Waals surface area contributed by atoms with Crippen molar-refractivity contribution in [1.82, 2.24) is 0 Å². The quantitative estimate of drug-likeness (QED) is 0.0757. The molecule has 7 rings (SSSR count). The molecule has 332 valence electrons. The van der Waals surface area contributed by atoms with E-state index in [9.17, 15) is 0 Å². The van der Waals surface area contributed by atoms with E-state index in [1.165, 1.54) is 41.5 Å². The van der Waals surface area contributed by atoms with Crippen LogP contribution in [0.5, 0.6) is 11.5 Å². The van der Waals surface area contributed by atoms with Gasteiger partial charge in [-0.3, -0.25) is 0 Å². The molecule has 0 aromatic heterocycles. The minimum Gasteiger partial charge on any atom is -0.496 e. The molecular weight excluding hydrogens is 793 g/mol. The van der Waals surface area contributed by atoms with E-state index in [4.69, 9.17) is 9.47 Å². The first-order chi connectivity index (χ1) is 31.5. The molecule has 7 aromatic carbocycles. The van der Waals surface area contributed by atoms with Crippen molar-refractivity contribution in [2.45, 2.75) is 74.1 Å². The number of benzene rings is 7. The van der Waals surface area contributed by atoms with E-state index in [0.29, 0.717) is 12.5 Å². The minimum absolute atomic E-state index is 0.596. The molecule has 0 saturated heterocycles. The number of nitrogens with zero attached hydrogens (tertiary/aromatic N) is 2. The highest BCUT2D eigenvalue weighted by atomic mass is 16.5. The molecule has 0 heterocycles. The summed E-state index contributed by atoms with van der Waals surface area (Å²) in [7, 11) is 1.74. The van der Waals surface area contributed by atoms with Crippen molar-refractivity contribution < 1.29 is 9.47 Å². The summed E-state index contributed by atoms with van der Waals surface area (Å²) in [5.41, 5.74) is 15.8. The maximum atomic E-state index is 6.67. The van der Waals surface area contributed by atoms with Crippen LogP contribution in [0.25, 0.3) is 24.3 Å². The zero-order chi connectivity index (χ0) is 45.7. The Balaban J connectivity index is 1.15. The summed E-state index contributed by atoms with van der Waals surface area (Å²) in [6.45, 7) is 16.1. The molecule has 0 aliphatic heterocycles. The number of hydrogen-bond acceptors (Lipinski definition) is 4. The number of anilines is 6. The van der Waals surface area contributed by atoms with Gasteiger partial charge in [0.1, 0.15) is 11.5 Å². The highest BCUT2D eigenvalue weighted by Crippen LogP contribution is 2.38. The Hall–Kier alpha value is -6.78. The molecule has 0 amide bonds. The van der Waals surface area contributed by atoms with Gasteiger partial charge in [-0.05, 0) is 142 Å². The largest absolute Gasteiger partial charge is 0.496 e. The van der Waals surface area contributed by atoms with Gasteiger partial charge in [0.05, 0.1) is 13.7 Å². The van der Waals surface area contributed by atoms with Gasteiger partial charge >= 0.3 is 0 Å². The number of aryl methyl sites for hydroxylation is 4. The van der Waals surface area contributed by atoms with E-state index < -0.39 is 0 Å². The van der Waals surface area contributed by atoms with Gasteiger partial charge in [-0.25, -0.2) is 0 Å². The van der Waals surface area contributed by atoms with Crippen LogP contribution in [-0.2, 0) is 0 Å². The van der Waals surface area contributed by atoms with Crippen LogP contribution in [-0.4, -0.2) is 13.7 Å². The van der Waals surface area contributed by atoms with Crippen molar-refractivity contribution in [3.05, 3.63) is 202 Å². The van der Waals surface area contributed by atoms with Crippen LogP contribution in [0.3, 0.4) is 0 Å². The molecule has 1 unspecified atom stereocenters. The van der Waals surface area contributed by atoms with Gasteiger partial charge < -0.3 is 19.3 Å². The van der Waals surface area contributed by atoms with Crippen LogP contribution in [0.2, 0.25) is 0 Å². The standard InChI is InChI=1S/C61H66N2O2/c1-44(2)10-9-11-45(3)40-41-65-61-43-52(26-20-50-22-36-58(37-23-50)62(54-28-12-46(4)13-29-54)55-30-14-47(5)15-31-55)60(64-8)42-53(61)27-21-51-24-38-59(39-25-51)63(56-32-16-48(6)17-33-56)57-34-18-49(7)19-35-57/h12-39,42-45H,9-11,40-41H2,1-8H3. The monoisotopic (exact) mass is 859 g/mol. The van der Waals surface area contributed by atoms with Crippen LogP contribution in [0.4, 0.5) is 34.1 Å². The second kappa shape index (κ2) is 22.2. The normalized spacial score (nSPS) is 12.0. The summed E-state index contributed by atoms with van der Waals surface area (Å²) in [6.07, 6.45) is 13.3. The molecule has 0 saturated carbocycles. The summed E-state index contributed by atoms with van der Waals surface area (Å²) in [4.78, 5) is 4.61. The molecule has 4 nitrogen and oxygen atoms in total. The Morgan fingerprint density at radius 1 is 0.415 bits per heavy atom. The second-order valence-electron chi connectivity index (χ2n) is 18.1. The second-order valence-corrected chi connectivity index (χ2v) is 18.1. The third-order valence-corrected chi connectivity index (χ3v) is 12.1. The summed E-state index contributed by atoms with van der Waals surface area (Å²) in [5.74, 6) is 2.97. The predicted molar refractivity (Wildman–Crippen MR) is 280 cm³/mol. The minimum atomic E-state index is 0.596. The zero-order valence-corrected chi connectivity index (χ0v) is 39.7. The lowest BCUT2D eigenvalue weighted by Gasteiger charge is -2.26. The van der Waals surface area contributed by atoms with Gasteiger partial charge in [0, 0.05) is 45.3 Å². The van der Waals surface area contributed by atoms with Gasteiger partial charge in [0.25, 0.3) is 0 Å². The highest BCUT2D eigenvalue weighted by molar-refractivity contribution is 5.82. The number of hydrogen-bond donors (Lipinski definition) is 0. The molecule has 65 heavy (non-hydrogen) atoms. The van der Waals surface area contributed by atoms with E-state index in [0.717, 1.165) is 80.2 Å². The molecule has 0 bridgehead atoms. The number of ether oxygens (including phenoxy) is 2. The average molecular weight is 859 g/mol. The third-order valence-electron chi connectivity index (χ3n) is 12.1. The number of methoxy groups -OCH3 is 1. The maximum Gasteiger partial charge on any atom is 0.127 e. The molecule has 0 fully saturated rings. The molecule has 0 radical (unpaired) electrons. The van der Waals surface area contributed by atoms with E-state index in [-0.39, 0.29) is 0 Å². The molecule has 0 N–H and O–H groups in total. The van der Waals surface area contributed by atoms with Gasteiger partial charge in [0.15, 0.2) is 0 Å². The fourth-order valence-corrected chi connectivity index (χ4v) is 8.05. The van der Waals surface area contributed by atoms with Crippen molar-refractivity contribution in [2.75, 3.05) is 23.5 Å².